The summed E-state index contributed by atoms with van der Waals surface area (Å²) in [7, 11) is 0. The number of hydrogen-bond acceptors (Lipinski definition) is 0. The summed E-state index contributed by atoms with van der Waals surface area (Å²) in [6.45, 7) is 8.78. The quantitative estimate of drug-likeness (QED) is 0.118. The van der Waals surface area contributed by atoms with Crippen molar-refractivity contribution in [1.29, 1.82) is 0 Å². The predicted octanol–water partition coefficient (Wildman–Crippen LogP) is 16.4. The van der Waals surface area contributed by atoms with Gasteiger partial charge in [-0.1, -0.05) is 185 Å². The van der Waals surface area contributed by atoms with Gasteiger partial charge in [-0.25, -0.2) is 0 Å². The minimum absolute atomic E-state index is 0.189. The fourth-order valence-corrected chi connectivity index (χ4v) is 9.65. The molecule has 0 aliphatic rings. The zero-order valence-corrected chi connectivity index (χ0v) is 32.7. The molecule has 0 aromatic heterocycles. The van der Waals surface area contributed by atoms with Crippen LogP contribution in [0.25, 0.3) is 109 Å². The van der Waals surface area contributed by atoms with Gasteiger partial charge in [-0.2, -0.15) is 0 Å². The average Bonchev–Trinajstić information content (AvgIpc) is 3.31. The van der Waals surface area contributed by atoms with Gasteiger partial charge in [0.25, 0.3) is 0 Å². The first kappa shape index (κ1) is 28.8. The van der Waals surface area contributed by atoms with Crippen molar-refractivity contribution < 1.29 is 6.85 Å². The molecule has 0 fully saturated rings. The summed E-state index contributed by atoms with van der Waals surface area (Å²) in [5.41, 5.74) is 9.17. The zero-order chi connectivity index (χ0) is 42.7. The van der Waals surface area contributed by atoms with Gasteiger partial charge < -0.3 is 0 Å². The molecule has 0 radical (unpaired) electrons. The Labute approximate surface area is 341 Å². The van der Waals surface area contributed by atoms with E-state index in [9.17, 15) is 0 Å². The Hall–Kier alpha value is -6.50. The number of aryl methyl sites for hydroxylation is 2. The Bertz CT molecular complexity index is 3660. The van der Waals surface area contributed by atoms with Crippen LogP contribution in [0.15, 0.2) is 164 Å². The first-order valence-electron chi connectivity index (χ1n) is 22.8. The minimum Gasteiger partial charge on any atom is -0.0622 e. The van der Waals surface area contributed by atoms with Crippen molar-refractivity contribution in [1.82, 2.24) is 0 Å². The molecule has 0 N–H and O–H groups in total. The fraction of sp³-hybridized carbons (Fsp3) is 0.123. The second-order valence-corrected chi connectivity index (χ2v) is 16.0. The Morgan fingerprint density at radius 2 is 0.982 bits per heavy atom. The van der Waals surface area contributed by atoms with E-state index >= 15 is 0 Å². The normalized spacial score (nSPS) is 13.4. The highest BCUT2D eigenvalue weighted by Gasteiger charge is 2.22. The van der Waals surface area contributed by atoms with Crippen LogP contribution in [0.4, 0.5) is 0 Å². The van der Waals surface area contributed by atoms with E-state index in [1.807, 2.05) is 0 Å². The van der Waals surface area contributed by atoms with E-state index in [4.69, 9.17) is 6.85 Å². The lowest BCUT2D eigenvalue weighted by atomic mass is 9.81. The molecule has 0 spiro atoms. The molecule has 0 nitrogen and oxygen atoms in total. The van der Waals surface area contributed by atoms with Crippen molar-refractivity contribution in [3.05, 3.63) is 180 Å². The average molecular weight is 734 g/mol. The van der Waals surface area contributed by atoms with E-state index in [0.717, 1.165) is 56.5 Å². The molecule has 0 unspecified atom stereocenters. The van der Waals surface area contributed by atoms with Gasteiger partial charge in [-0.15, -0.1) is 0 Å². The van der Waals surface area contributed by atoms with Gasteiger partial charge in [0.05, 0.1) is 6.85 Å². The summed E-state index contributed by atoms with van der Waals surface area (Å²) in [6, 6.07) is 47.9. The summed E-state index contributed by atoms with van der Waals surface area (Å²) in [5.74, 6) is 0.444. The third-order valence-corrected chi connectivity index (χ3v) is 12.6. The Kier molecular flexibility index (Phi) is 6.60. The van der Waals surface area contributed by atoms with Crippen LogP contribution < -0.4 is 0 Å². The van der Waals surface area contributed by atoms with Crippen molar-refractivity contribution >= 4 is 75.4 Å². The van der Waals surface area contributed by atoms with Gasteiger partial charge in [-0.3, -0.25) is 0 Å². The lowest BCUT2D eigenvalue weighted by molar-refractivity contribution is 0.869. The molecule has 0 aliphatic heterocycles. The molecule has 0 heteroatoms. The molecule has 0 aliphatic carbocycles. The van der Waals surface area contributed by atoms with E-state index < -0.39 is 0 Å². The van der Waals surface area contributed by atoms with Crippen molar-refractivity contribution in [2.45, 2.75) is 46.5 Å². The van der Waals surface area contributed by atoms with E-state index in [1.165, 1.54) is 70.7 Å². The second kappa shape index (κ2) is 13.0. The van der Waals surface area contributed by atoms with Gasteiger partial charge in [0.15, 0.2) is 0 Å². The Balaban J connectivity index is 1.24. The molecular formula is C57H44. The molecule has 0 saturated carbocycles. The maximum atomic E-state index is 9.16. The first-order chi connectivity index (χ1) is 30.1. The third-order valence-electron chi connectivity index (χ3n) is 12.6. The number of rotatable bonds is 6. The van der Waals surface area contributed by atoms with Crippen LogP contribution in [0.1, 0.15) is 57.2 Å². The molecule has 11 aromatic rings. The minimum atomic E-state index is -0.387. The van der Waals surface area contributed by atoms with E-state index in [-0.39, 0.29) is 35.8 Å². The number of hydrogen-bond donors (Lipinski definition) is 0. The highest BCUT2D eigenvalue weighted by atomic mass is 14.2. The monoisotopic (exact) mass is 733 g/mol. The fourth-order valence-electron chi connectivity index (χ4n) is 9.65. The topological polar surface area (TPSA) is 0 Å². The molecular weight excluding hydrogens is 685 g/mol. The highest BCUT2D eigenvalue weighted by molar-refractivity contribution is 6.31. The largest absolute Gasteiger partial charge is 0.0629 e. The van der Waals surface area contributed by atoms with Crippen LogP contribution in [0.2, 0.25) is 0 Å². The summed E-state index contributed by atoms with van der Waals surface area (Å²) in [6.07, 6.45) is 1.63. The van der Waals surface area contributed by atoms with Crippen LogP contribution in [-0.2, 0) is 12.8 Å². The summed E-state index contributed by atoms with van der Waals surface area (Å²) in [5, 5.41) is 16.0. The second-order valence-electron chi connectivity index (χ2n) is 16.0. The Morgan fingerprint density at radius 3 is 1.65 bits per heavy atom. The number of benzene rings is 11. The highest BCUT2D eigenvalue weighted by Crippen LogP contribution is 2.49. The molecule has 11 rings (SSSR count). The third kappa shape index (κ3) is 5.13. The van der Waals surface area contributed by atoms with Gasteiger partial charge in [-0.05, 0) is 150 Å². The van der Waals surface area contributed by atoms with Crippen LogP contribution >= 0.6 is 0 Å². The van der Waals surface area contributed by atoms with Gasteiger partial charge >= 0.3 is 0 Å². The molecule has 0 atom stereocenters. The van der Waals surface area contributed by atoms with Crippen molar-refractivity contribution in [3.8, 4) is 33.4 Å². The van der Waals surface area contributed by atoms with Crippen LogP contribution in [0, 0.1) is 0 Å². The molecule has 0 saturated heterocycles. The molecule has 57 heavy (non-hydrogen) atoms. The van der Waals surface area contributed by atoms with Gasteiger partial charge in [0.2, 0.25) is 0 Å². The smallest absolute Gasteiger partial charge is 0.0622 e. The SMILES string of the molecule is [2H]c1c([2H])c([2H])c(-c2c3cc(CC)ccc3c(-c3ccc4ccc5c(-c6cc7ccc(C(C)C)cc7c7ccccc67)ccc6ccc3c4c65)c3cc(CC)ccc23)c([2H])c1[2H]. The maximum Gasteiger partial charge on any atom is 0.0629 e. The first-order valence-corrected chi connectivity index (χ1v) is 20.3. The van der Waals surface area contributed by atoms with E-state index in [1.54, 1.807) is 0 Å². The maximum absolute atomic E-state index is 9.16. The van der Waals surface area contributed by atoms with E-state index in [0.29, 0.717) is 11.5 Å². The summed E-state index contributed by atoms with van der Waals surface area (Å²) >= 11 is 0. The molecule has 0 bridgehead atoms. The lowest BCUT2D eigenvalue weighted by Gasteiger charge is -2.21. The summed E-state index contributed by atoms with van der Waals surface area (Å²) < 4.78 is 44.1. The van der Waals surface area contributed by atoms with Crippen LogP contribution in [0.3, 0.4) is 0 Å². The van der Waals surface area contributed by atoms with Crippen molar-refractivity contribution in [2.75, 3.05) is 0 Å². The molecule has 0 amide bonds. The van der Waals surface area contributed by atoms with Gasteiger partial charge in [0.1, 0.15) is 0 Å². The predicted molar refractivity (Wildman–Crippen MR) is 249 cm³/mol. The van der Waals surface area contributed by atoms with Crippen LogP contribution in [-0.4, -0.2) is 0 Å². The van der Waals surface area contributed by atoms with Crippen molar-refractivity contribution in [2.24, 2.45) is 0 Å². The Morgan fingerprint density at radius 1 is 0.421 bits per heavy atom. The summed E-state index contributed by atoms with van der Waals surface area (Å²) in [4.78, 5) is 0. The standard InChI is InChI=1S/C57H44/c1-5-35-17-25-49-52(30-35)54(37-12-8-7-9-13-37)48-24-16-36(6-2)31-53(48)57(49)47-29-23-39-21-27-45-44(26-20-38-22-28-46(47)56(39)55(38)45)51-33-41-19-18-40(34(3)4)32-50(41)42-14-10-11-15-43(42)51/h7-34H,5-6H2,1-4H3/i7D,8D,9D,12D,13D. The molecule has 11 aromatic carbocycles. The van der Waals surface area contributed by atoms with E-state index in [2.05, 4.69) is 161 Å². The van der Waals surface area contributed by atoms with Gasteiger partial charge in [0, 0.05) is 0 Å². The molecule has 0 heterocycles. The lowest BCUT2D eigenvalue weighted by Crippen LogP contribution is -1.95. The van der Waals surface area contributed by atoms with Crippen molar-refractivity contribution in [3.63, 3.8) is 0 Å². The van der Waals surface area contributed by atoms with Crippen LogP contribution in [0.5, 0.6) is 0 Å². The zero-order valence-electron chi connectivity index (χ0n) is 37.7. The number of fused-ring (bicyclic) bond motifs is 5. The molecule has 272 valence electrons.